The summed E-state index contributed by atoms with van der Waals surface area (Å²) >= 11 is 0. The molecule has 3 rings (SSSR count). The highest BCUT2D eigenvalue weighted by atomic mass is 19.2. The Hall–Kier alpha value is -2.95. The fourth-order valence-corrected chi connectivity index (χ4v) is 2.67. The number of benzene rings is 2. The van der Waals surface area contributed by atoms with Crippen LogP contribution in [-0.2, 0) is 0 Å². The second kappa shape index (κ2) is 7.52. The molecule has 0 bridgehead atoms. The minimum absolute atomic E-state index is 0.0753. The summed E-state index contributed by atoms with van der Waals surface area (Å²) < 4.78 is 28.0. The maximum absolute atomic E-state index is 14.3. The van der Waals surface area contributed by atoms with Crippen molar-refractivity contribution in [3.05, 3.63) is 66.2 Å². The quantitative estimate of drug-likeness (QED) is 0.626. The fourth-order valence-electron chi connectivity index (χ4n) is 2.67. The fraction of sp³-hybridized carbons (Fsp3) is 0.190. The summed E-state index contributed by atoms with van der Waals surface area (Å²) in [5, 5.41) is 13.4. The molecule has 0 aliphatic carbocycles. The minimum Gasteiger partial charge on any atom is -0.507 e. The van der Waals surface area contributed by atoms with Crippen LogP contribution in [0.2, 0.25) is 0 Å². The Morgan fingerprint density at radius 3 is 2.50 bits per heavy atom. The zero-order valence-corrected chi connectivity index (χ0v) is 14.6. The summed E-state index contributed by atoms with van der Waals surface area (Å²) in [6, 6.07) is 14.4. The average Bonchev–Trinajstić information content (AvgIpc) is 2.64. The molecule has 1 aromatic heterocycles. The van der Waals surface area contributed by atoms with E-state index >= 15 is 0 Å². The standard InChI is InChI=1S/C21H20F2N2O/c1-3-13(2)24-20-12-14(15-8-6-9-17(22)21(15)23)11-18(25-20)16-7-4-5-10-19(16)26/h4-13,26H,3H2,1-2H3,(H,24,25). The first kappa shape index (κ1) is 17.9. The molecule has 0 aliphatic rings. The molecule has 2 N–H and O–H groups in total. The number of rotatable bonds is 5. The lowest BCUT2D eigenvalue weighted by atomic mass is 10.0. The van der Waals surface area contributed by atoms with Crippen LogP contribution in [0.5, 0.6) is 5.75 Å². The van der Waals surface area contributed by atoms with Gasteiger partial charge in [-0.1, -0.05) is 31.2 Å². The van der Waals surface area contributed by atoms with E-state index in [0.717, 1.165) is 12.5 Å². The predicted molar refractivity (Wildman–Crippen MR) is 100 cm³/mol. The number of para-hydroxylation sites is 1. The Morgan fingerprint density at radius 2 is 1.77 bits per heavy atom. The van der Waals surface area contributed by atoms with Crippen LogP contribution in [0, 0.1) is 11.6 Å². The van der Waals surface area contributed by atoms with Gasteiger partial charge in [-0.15, -0.1) is 0 Å². The number of aromatic nitrogens is 1. The molecule has 3 aromatic rings. The Labute approximate surface area is 151 Å². The van der Waals surface area contributed by atoms with Gasteiger partial charge in [0.1, 0.15) is 11.6 Å². The molecule has 0 saturated carbocycles. The number of hydrogen-bond acceptors (Lipinski definition) is 3. The smallest absolute Gasteiger partial charge is 0.166 e. The molecule has 0 saturated heterocycles. The molecule has 3 nitrogen and oxygen atoms in total. The third-order valence-corrected chi connectivity index (χ3v) is 4.27. The number of aromatic hydroxyl groups is 1. The third kappa shape index (κ3) is 3.67. The Bertz CT molecular complexity index is 928. The monoisotopic (exact) mass is 354 g/mol. The molecular weight excluding hydrogens is 334 g/mol. The second-order valence-electron chi connectivity index (χ2n) is 6.20. The van der Waals surface area contributed by atoms with E-state index in [1.54, 1.807) is 36.4 Å². The van der Waals surface area contributed by atoms with Crippen molar-refractivity contribution in [1.29, 1.82) is 0 Å². The number of halogens is 2. The zero-order chi connectivity index (χ0) is 18.7. The van der Waals surface area contributed by atoms with Crippen LogP contribution in [0.4, 0.5) is 14.6 Å². The highest BCUT2D eigenvalue weighted by molar-refractivity contribution is 5.76. The molecule has 1 heterocycles. The molecule has 134 valence electrons. The van der Waals surface area contributed by atoms with Crippen LogP contribution in [-0.4, -0.2) is 16.1 Å². The van der Waals surface area contributed by atoms with Gasteiger partial charge >= 0.3 is 0 Å². The summed E-state index contributed by atoms with van der Waals surface area (Å²) in [4.78, 5) is 4.54. The topological polar surface area (TPSA) is 45.1 Å². The van der Waals surface area contributed by atoms with Crippen LogP contribution in [0.3, 0.4) is 0 Å². The van der Waals surface area contributed by atoms with E-state index in [0.29, 0.717) is 22.6 Å². The maximum Gasteiger partial charge on any atom is 0.166 e. The Kier molecular flexibility index (Phi) is 5.16. The van der Waals surface area contributed by atoms with Crippen LogP contribution in [0.25, 0.3) is 22.4 Å². The van der Waals surface area contributed by atoms with E-state index in [-0.39, 0.29) is 17.4 Å². The minimum atomic E-state index is -0.906. The van der Waals surface area contributed by atoms with Gasteiger partial charge in [0, 0.05) is 17.2 Å². The zero-order valence-electron chi connectivity index (χ0n) is 14.6. The van der Waals surface area contributed by atoms with Crippen molar-refractivity contribution in [2.45, 2.75) is 26.3 Å². The van der Waals surface area contributed by atoms with Gasteiger partial charge in [0.05, 0.1) is 5.69 Å². The van der Waals surface area contributed by atoms with E-state index in [4.69, 9.17) is 0 Å². The number of anilines is 1. The highest BCUT2D eigenvalue weighted by Gasteiger charge is 2.15. The molecule has 5 heteroatoms. The number of phenolic OH excluding ortho intramolecular Hbond substituents is 1. The SMILES string of the molecule is CCC(C)Nc1cc(-c2cccc(F)c2F)cc(-c2ccccc2O)n1. The summed E-state index contributed by atoms with van der Waals surface area (Å²) in [5.41, 5.74) is 1.64. The van der Waals surface area contributed by atoms with Crippen molar-refractivity contribution in [2.75, 3.05) is 5.32 Å². The third-order valence-electron chi connectivity index (χ3n) is 4.27. The lowest BCUT2D eigenvalue weighted by Gasteiger charge is -2.16. The number of nitrogens with one attached hydrogen (secondary N) is 1. The van der Waals surface area contributed by atoms with E-state index in [1.807, 2.05) is 13.8 Å². The molecule has 0 aliphatic heterocycles. The molecule has 2 aromatic carbocycles. The first-order chi connectivity index (χ1) is 12.5. The summed E-state index contributed by atoms with van der Waals surface area (Å²) in [5.74, 6) is -1.19. The average molecular weight is 354 g/mol. The predicted octanol–water partition coefficient (Wildman–Crippen LogP) is 5.61. The highest BCUT2D eigenvalue weighted by Crippen LogP contribution is 2.33. The van der Waals surface area contributed by atoms with E-state index < -0.39 is 11.6 Å². The maximum atomic E-state index is 14.3. The van der Waals surface area contributed by atoms with Gasteiger partial charge in [0.2, 0.25) is 0 Å². The molecule has 0 spiro atoms. The lowest BCUT2D eigenvalue weighted by molar-refractivity contribution is 0.477. The lowest BCUT2D eigenvalue weighted by Crippen LogP contribution is -2.14. The normalized spacial score (nSPS) is 12.0. The summed E-state index contributed by atoms with van der Waals surface area (Å²) in [6.45, 7) is 4.05. The molecule has 0 radical (unpaired) electrons. The van der Waals surface area contributed by atoms with Crippen molar-refractivity contribution >= 4 is 5.82 Å². The van der Waals surface area contributed by atoms with Crippen LogP contribution in [0.1, 0.15) is 20.3 Å². The van der Waals surface area contributed by atoms with Gasteiger partial charge in [-0.25, -0.2) is 13.8 Å². The van der Waals surface area contributed by atoms with Gasteiger partial charge < -0.3 is 10.4 Å². The van der Waals surface area contributed by atoms with Crippen LogP contribution in [0.15, 0.2) is 54.6 Å². The number of nitrogens with zero attached hydrogens (tertiary/aromatic N) is 1. The molecule has 0 fully saturated rings. The molecule has 1 atom stereocenters. The van der Waals surface area contributed by atoms with Gasteiger partial charge in [0.25, 0.3) is 0 Å². The molecule has 0 amide bonds. The van der Waals surface area contributed by atoms with Crippen LogP contribution >= 0.6 is 0 Å². The molecular formula is C21H20F2N2O. The first-order valence-electron chi connectivity index (χ1n) is 8.51. The number of phenols is 1. The van der Waals surface area contributed by atoms with Gasteiger partial charge in [-0.05, 0) is 49.2 Å². The largest absolute Gasteiger partial charge is 0.507 e. The van der Waals surface area contributed by atoms with Crippen molar-refractivity contribution in [2.24, 2.45) is 0 Å². The Balaban J connectivity index is 2.18. The van der Waals surface area contributed by atoms with Crippen molar-refractivity contribution in [3.8, 4) is 28.1 Å². The van der Waals surface area contributed by atoms with E-state index in [1.165, 1.54) is 12.1 Å². The molecule has 1 unspecified atom stereocenters. The van der Waals surface area contributed by atoms with E-state index in [2.05, 4.69) is 10.3 Å². The van der Waals surface area contributed by atoms with Crippen molar-refractivity contribution in [3.63, 3.8) is 0 Å². The van der Waals surface area contributed by atoms with Gasteiger partial charge in [0.15, 0.2) is 11.6 Å². The van der Waals surface area contributed by atoms with Crippen molar-refractivity contribution in [1.82, 2.24) is 4.98 Å². The van der Waals surface area contributed by atoms with Crippen LogP contribution < -0.4 is 5.32 Å². The first-order valence-corrected chi connectivity index (χ1v) is 8.51. The second-order valence-corrected chi connectivity index (χ2v) is 6.20. The number of pyridine rings is 1. The van der Waals surface area contributed by atoms with E-state index in [9.17, 15) is 13.9 Å². The summed E-state index contributed by atoms with van der Waals surface area (Å²) in [6.07, 6.45) is 0.881. The molecule has 26 heavy (non-hydrogen) atoms. The van der Waals surface area contributed by atoms with Crippen molar-refractivity contribution < 1.29 is 13.9 Å². The number of hydrogen-bond donors (Lipinski definition) is 2. The van der Waals surface area contributed by atoms with Gasteiger partial charge in [-0.3, -0.25) is 0 Å². The summed E-state index contributed by atoms with van der Waals surface area (Å²) in [7, 11) is 0. The van der Waals surface area contributed by atoms with Gasteiger partial charge in [-0.2, -0.15) is 0 Å². The Morgan fingerprint density at radius 1 is 1.04 bits per heavy atom.